The summed E-state index contributed by atoms with van der Waals surface area (Å²) in [6, 6.07) is 5.66. The van der Waals surface area contributed by atoms with Crippen LogP contribution in [-0.2, 0) is 4.74 Å². The van der Waals surface area contributed by atoms with Gasteiger partial charge in [0.2, 0.25) is 0 Å². The van der Waals surface area contributed by atoms with Crippen LogP contribution >= 0.6 is 0 Å². The van der Waals surface area contributed by atoms with Crippen molar-refractivity contribution in [3.05, 3.63) is 23.8 Å². The van der Waals surface area contributed by atoms with Crippen LogP contribution in [0, 0.1) is 0 Å². The van der Waals surface area contributed by atoms with Gasteiger partial charge in [0, 0.05) is 30.0 Å². The van der Waals surface area contributed by atoms with Crippen molar-refractivity contribution >= 4 is 17.2 Å². The third kappa shape index (κ3) is 3.12. The minimum absolute atomic E-state index is 0.00358. The molecule has 0 radical (unpaired) electrons. The molecule has 4 heteroatoms. The topological polar surface area (TPSA) is 55.6 Å². The number of rotatable bonds is 2. The van der Waals surface area contributed by atoms with Crippen molar-refractivity contribution in [3.63, 3.8) is 0 Å². The Morgan fingerprint density at radius 3 is 2.25 bits per heavy atom. The van der Waals surface area contributed by atoms with E-state index in [1.54, 1.807) is 6.92 Å². The van der Waals surface area contributed by atoms with Gasteiger partial charge >= 0.3 is 0 Å². The smallest absolute Gasteiger partial charge is 0.161 e. The summed E-state index contributed by atoms with van der Waals surface area (Å²) in [5.74, 6) is -0.00358. The molecule has 1 aromatic rings. The van der Waals surface area contributed by atoms with Gasteiger partial charge in [-0.25, -0.2) is 0 Å². The molecule has 1 aliphatic rings. The van der Waals surface area contributed by atoms with Crippen molar-refractivity contribution in [1.82, 2.24) is 0 Å². The van der Waals surface area contributed by atoms with Crippen molar-refractivity contribution in [2.75, 3.05) is 23.7 Å². The number of carbonyl (C=O) groups excluding carboxylic acids is 1. The minimum atomic E-state index is -0.223. The number of benzene rings is 1. The van der Waals surface area contributed by atoms with Gasteiger partial charge in [0.1, 0.15) is 0 Å². The minimum Gasteiger partial charge on any atom is -0.398 e. The number of morpholine rings is 1. The van der Waals surface area contributed by atoms with E-state index in [1.165, 1.54) is 0 Å². The summed E-state index contributed by atoms with van der Waals surface area (Å²) in [6.45, 7) is 11.5. The number of anilines is 2. The third-order valence-corrected chi connectivity index (χ3v) is 3.48. The van der Waals surface area contributed by atoms with Crippen LogP contribution in [0.5, 0.6) is 0 Å². The summed E-state index contributed by atoms with van der Waals surface area (Å²) in [5, 5.41) is 0. The summed E-state index contributed by atoms with van der Waals surface area (Å²) in [7, 11) is 0. The number of nitrogens with two attached hydrogens (primary N) is 1. The first-order chi connectivity index (χ1) is 9.10. The highest BCUT2D eigenvalue weighted by atomic mass is 16.5. The van der Waals surface area contributed by atoms with Gasteiger partial charge < -0.3 is 15.4 Å². The van der Waals surface area contributed by atoms with Gasteiger partial charge in [0.15, 0.2) is 5.78 Å². The molecule has 0 aromatic heterocycles. The van der Waals surface area contributed by atoms with Crippen LogP contribution in [0.3, 0.4) is 0 Å². The fourth-order valence-corrected chi connectivity index (χ4v) is 3.02. The largest absolute Gasteiger partial charge is 0.398 e. The summed E-state index contributed by atoms with van der Waals surface area (Å²) in [5.41, 5.74) is 7.56. The molecule has 0 spiro atoms. The number of carbonyl (C=O) groups is 1. The highest BCUT2D eigenvalue weighted by Gasteiger charge is 2.38. The second-order valence-electron chi connectivity index (χ2n) is 6.81. The highest BCUT2D eigenvalue weighted by molar-refractivity contribution is 6.00. The number of nitrogen functional groups attached to an aromatic ring is 1. The first kappa shape index (κ1) is 14.9. The van der Waals surface area contributed by atoms with E-state index in [4.69, 9.17) is 10.5 Å². The molecule has 0 unspecified atom stereocenters. The normalized spacial score (nSPS) is 20.8. The third-order valence-electron chi connectivity index (χ3n) is 3.48. The summed E-state index contributed by atoms with van der Waals surface area (Å²) < 4.78 is 6.08. The Balaban J connectivity index is 2.36. The molecule has 1 heterocycles. The average Bonchev–Trinajstić information content (AvgIpc) is 2.24. The van der Waals surface area contributed by atoms with E-state index in [2.05, 4.69) is 32.6 Å². The lowest BCUT2D eigenvalue weighted by atomic mass is 9.97. The summed E-state index contributed by atoms with van der Waals surface area (Å²) in [6.07, 6.45) is 0. The molecule has 20 heavy (non-hydrogen) atoms. The number of ketones is 1. The van der Waals surface area contributed by atoms with Crippen molar-refractivity contribution in [1.29, 1.82) is 0 Å². The predicted molar refractivity (Wildman–Crippen MR) is 82.3 cm³/mol. The number of hydrogen-bond acceptors (Lipinski definition) is 4. The van der Waals surface area contributed by atoms with Crippen molar-refractivity contribution in [3.8, 4) is 0 Å². The first-order valence-corrected chi connectivity index (χ1v) is 6.95. The summed E-state index contributed by atoms with van der Waals surface area (Å²) >= 11 is 0. The molecule has 0 bridgehead atoms. The van der Waals surface area contributed by atoms with Gasteiger partial charge in [-0.05, 0) is 52.8 Å². The van der Waals surface area contributed by atoms with Crippen LogP contribution in [0.4, 0.5) is 11.4 Å². The first-order valence-electron chi connectivity index (χ1n) is 6.95. The van der Waals surface area contributed by atoms with Crippen LogP contribution < -0.4 is 10.6 Å². The van der Waals surface area contributed by atoms with Crippen molar-refractivity contribution < 1.29 is 9.53 Å². The number of ether oxygens (including phenoxy) is 1. The Morgan fingerprint density at radius 2 is 1.75 bits per heavy atom. The average molecular weight is 276 g/mol. The predicted octanol–water partition coefficient (Wildman–Crippen LogP) is 2.87. The molecule has 4 nitrogen and oxygen atoms in total. The molecule has 1 aromatic carbocycles. The van der Waals surface area contributed by atoms with E-state index in [-0.39, 0.29) is 17.0 Å². The van der Waals surface area contributed by atoms with E-state index in [0.29, 0.717) is 11.3 Å². The van der Waals surface area contributed by atoms with Gasteiger partial charge in [-0.3, -0.25) is 4.79 Å². The van der Waals surface area contributed by atoms with Crippen LogP contribution in [0.1, 0.15) is 45.0 Å². The van der Waals surface area contributed by atoms with E-state index in [9.17, 15) is 4.79 Å². The van der Waals surface area contributed by atoms with Gasteiger partial charge in [0.25, 0.3) is 0 Å². The number of Topliss-reactive ketones (excluding diaryl/α,β-unsaturated/α-hetero) is 1. The fraction of sp³-hybridized carbons (Fsp3) is 0.562. The zero-order chi connectivity index (χ0) is 15.1. The maximum Gasteiger partial charge on any atom is 0.161 e. The van der Waals surface area contributed by atoms with Crippen LogP contribution in [0.15, 0.2) is 18.2 Å². The number of nitrogens with zero attached hydrogens (tertiary/aromatic N) is 1. The molecule has 2 N–H and O–H groups in total. The second-order valence-corrected chi connectivity index (χ2v) is 6.81. The van der Waals surface area contributed by atoms with E-state index in [0.717, 1.165) is 18.8 Å². The van der Waals surface area contributed by atoms with Gasteiger partial charge in [-0.15, -0.1) is 0 Å². The quantitative estimate of drug-likeness (QED) is 0.666. The second kappa shape index (κ2) is 4.77. The Morgan fingerprint density at radius 1 is 1.20 bits per heavy atom. The Hall–Kier alpha value is -1.55. The summed E-state index contributed by atoms with van der Waals surface area (Å²) in [4.78, 5) is 13.9. The van der Waals surface area contributed by atoms with Gasteiger partial charge in [-0.2, -0.15) is 0 Å². The van der Waals surface area contributed by atoms with Crippen LogP contribution in [0.25, 0.3) is 0 Å². The molecule has 2 rings (SSSR count). The van der Waals surface area contributed by atoms with Crippen molar-refractivity contribution in [2.45, 2.75) is 45.8 Å². The fourth-order valence-electron chi connectivity index (χ4n) is 3.02. The van der Waals surface area contributed by atoms with E-state index < -0.39 is 0 Å². The van der Waals surface area contributed by atoms with Crippen molar-refractivity contribution in [2.24, 2.45) is 0 Å². The zero-order valence-corrected chi connectivity index (χ0v) is 13.0. The molecular formula is C16H24N2O2. The van der Waals surface area contributed by atoms with E-state index in [1.807, 2.05) is 18.2 Å². The Labute approximate surface area is 120 Å². The van der Waals surface area contributed by atoms with Crippen LogP contribution in [-0.4, -0.2) is 30.1 Å². The molecule has 0 amide bonds. The Kier molecular flexibility index (Phi) is 3.54. The molecule has 1 aliphatic heterocycles. The van der Waals surface area contributed by atoms with Gasteiger partial charge in [-0.1, -0.05) is 0 Å². The Bertz CT molecular complexity index is 519. The lowest BCUT2D eigenvalue weighted by Crippen LogP contribution is -2.57. The molecule has 0 atom stereocenters. The maximum atomic E-state index is 11.6. The molecular weight excluding hydrogens is 252 g/mol. The maximum absolute atomic E-state index is 11.6. The highest BCUT2D eigenvalue weighted by Crippen LogP contribution is 2.32. The van der Waals surface area contributed by atoms with E-state index >= 15 is 0 Å². The molecule has 0 aliphatic carbocycles. The van der Waals surface area contributed by atoms with Crippen LogP contribution in [0.2, 0.25) is 0 Å². The zero-order valence-electron chi connectivity index (χ0n) is 13.0. The monoisotopic (exact) mass is 276 g/mol. The molecule has 1 fully saturated rings. The molecule has 110 valence electrons. The lowest BCUT2D eigenvalue weighted by Gasteiger charge is -2.48. The standard InChI is InChI=1S/C16H24N2O2/c1-11(19)13-8-12(6-7-14(13)17)18-9-15(2,3)20-16(4,5)10-18/h6-8H,9-10,17H2,1-5H3. The molecule has 1 saturated heterocycles. The number of hydrogen-bond donors (Lipinski definition) is 1. The molecule has 0 saturated carbocycles. The SMILES string of the molecule is CC(=O)c1cc(N2CC(C)(C)OC(C)(C)C2)ccc1N. The van der Waals surface area contributed by atoms with Gasteiger partial charge in [0.05, 0.1) is 11.2 Å². The lowest BCUT2D eigenvalue weighted by molar-refractivity contribution is -0.133.